The Morgan fingerprint density at radius 3 is 2.00 bits per heavy atom. The summed E-state index contributed by atoms with van der Waals surface area (Å²) >= 11 is 0. The van der Waals surface area contributed by atoms with Gasteiger partial charge in [-0.05, 0) is 25.5 Å². The number of rotatable bonds is 8. The summed E-state index contributed by atoms with van der Waals surface area (Å²) in [6.07, 6.45) is -0.742. The van der Waals surface area contributed by atoms with Gasteiger partial charge >= 0.3 is 36.7 Å². The van der Waals surface area contributed by atoms with Gasteiger partial charge in [0.1, 0.15) is 0 Å². The van der Waals surface area contributed by atoms with E-state index in [1.807, 2.05) is 0 Å². The zero-order chi connectivity index (χ0) is 26.3. The molecule has 1 unspecified atom stereocenters. The molecule has 0 N–H and O–H groups in total. The van der Waals surface area contributed by atoms with E-state index in [0.717, 1.165) is 22.9 Å². The summed E-state index contributed by atoms with van der Waals surface area (Å²) in [6, 6.07) is 2.75. The van der Waals surface area contributed by atoms with Gasteiger partial charge in [-0.2, -0.15) is 43.2 Å². The molecule has 0 amide bonds. The Balaban J connectivity index is 2.77. The van der Waals surface area contributed by atoms with Crippen molar-refractivity contribution >= 4 is 25.7 Å². The van der Waals surface area contributed by atoms with Gasteiger partial charge in [-0.25, -0.2) is 9.53 Å². The van der Waals surface area contributed by atoms with E-state index >= 15 is 0 Å². The number of halogens is 6. The molecular formula is C17H18F6N2O7S2. The highest BCUT2D eigenvalue weighted by molar-refractivity contribution is 8.11. The van der Waals surface area contributed by atoms with Gasteiger partial charge in [-0.15, -0.1) is 3.71 Å². The van der Waals surface area contributed by atoms with Gasteiger partial charge in [-0.3, -0.25) is 0 Å². The number of anilines is 1. The highest BCUT2D eigenvalue weighted by Crippen LogP contribution is 2.40. The van der Waals surface area contributed by atoms with Crippen molar-refractivity contribution in [1.29, 1.82) is 0 Å². The Morgan fingerprint density at radius 1 is 1.03 bits per heavy atom. The van der Waals surface area contributed by atoms with E-state index in [2.05, 4.69) is 0 Å². The molecule has 1 atom stereocenters. The molecule has 0 aliphatic carbocycles. The van der Waals surface area contributed by atoms with Crippen LogP contribution in [0.4, 0.5) is 32.0 Å². The summed E-state index contributed by atoms with van der Waals surface area (Å²) in [4.78, 5) is 12.3. The predicted molar refractivity (Wildman–Crippen MR) is 106 cm³/mol. The highest BCUT2D eigenvalue weighted by atomic mass is 32.3. The molecule has 2 aromatic rings. The van der Waals surface area contributed by atoms with Crippen molar-refractivity contribution in [1.82, 2.24) is 4.74 Å². The lowest BCUT2D eigenvalue weighted by Crippen LogP contribution is -2.49. The maximum atomic E-state index is 13.2. The van der Waals surface area contributed by atoms with Gasteiger partial charge in [0.05, 0.1) is 29.6 Å². The number of sulfonamides is 2. The third-order valence-corrected chi connectivity index (χ3v) is 8.19. The number of ether oxygens (including phenoxy) is 1. The molecule has 0 fully saturated rings. The second kappa shape index (κ2) is 9.26. The van der Waals surface area contributed by atoms with Crippen LogP contribution in [0.5, 0.6) is 0 Å². The fraction of sp³-hybridized carbons (Fsp3) is 0.471. The zero-order valence-electron chi connectivity index (χ0n) is 17.6. The summed E-state index contributed by atoms with van der Waals surface area (Å²) in [7, 11) is -12.8. The molecule has 0 aliphatic rings. The fourth-order valence-corrected chi connectivity index (χ4v) is 5.82. The molecule has 34 heavy (non-hydrogen) atoms. The summed E-state index contributed by atoms with van der Waals surface area (Å²) in [6.45, 7) is 3.03. The number of methoxy groups -OCH3 is 1. The van der Waals surface area contributed by atoms with Crippen molar-refractivity contribution in [3.8, 4) is 0 Å². The lowest BCUT2D eigenvalue weighted by Gasteiger charge is -2.27. The van der Waals surface area contributed by atoms with Crippen molar-refractivity contribution in [2.24, 2.45) is 0 Å². The minimum atomic E-state index is -7.08. The van der Waals surface area contributed by atoms with Crippen LogP contribution >= 0.6 is 0 Å². The molecule has 1 heterocycles. The molecule has 0 bridgehead atoms. The number of benzene rings is 1. The van der Waals surface area contributed by atoms with E-state index in [-0.39, 0.29) is 17.9 Å². The van der Waals surface area contributed by atoms with Crippen LogP contribution in [-0.2, 0) is 31.2 Å². The average Bonchev–Trinajstić information content (AvgIpc) is 2.96. The fourth-order valence-electron chi connectivity index (χ4n) is 3.03. The van der Waals surface area contributed by atoms with E-state index in [1.54, 1.807) is 6.92 Å². The van der Waals surface area contributed by atoms with E-state index in [1.165, 1.54) is 14.0 Å². The monoisotopic (exact) mass is 540 g/mol. The van der Waals surface area contributed by atoms with Crippen LogP contribution in [0.3, 0.4) is 0 Å². The van der Waals surface area contributed by atoms with Crippen LogP contribution in [0.25, 0.3) is 0 Å². The predicted octanol–water partition coefficient (Wildman–Crippen LogP) is 3.05. The van der Waals surface area contributed by atoms with Crippen LogP contribution in [0, 0.1) is 6.92 Å². The Bertz CT molecular complexity index is 1270. The minimum Gasteiger partial charge on any atom is -0.382 e. The van der Waals surface area contributed by atoms with Gasteiger partial charge in [-0.1, -0.05) is 18.2 Å². The SMILES string of the molecule is COCC(C)n1oc(=O)c(Cc2ccccc2N(S(=O)(=O)C(F)(F)F)S(=O)(=O)C(F)(F)F)c1C. The molecule has 1 aromatic heterocycles. The van der Waals surface area contributed by atoms with E-state index in [9.17, 15) is 48.0 Å². The Hall–Kier alpha value is -2.53. The van der Waals surface area contributed by atoms with Crippen LogP contribution < -0.4 is 9.34 Å². The molecule has 17 heteroatoms. The van der Waals surface area contributed by atoms with Crippen LogP contribution in [-0.4, -0.2) is 46.3 Å². The second-order valence-corrected chi connectivity index (χ2v) is 10.8. The standard InChI is InChI=1S/C17H18F6N2O7S2/c1-10(9-31-3)24-11(2)13(15(26)32-24)8-12-6-4-5-7-14(12)25(33(27,28)16(18,19)20)34(29,30)17(21,22)23/h4-7,10H,8-9H2,1-3H3. The third kappa shape index (κ3) is 4.95. The molecule has 0 saturated heterocycles. The number of nitrogens with zero attached hydrogens (tertiary/aromatic N) is 2. The Kier molecular flexibility index (Phi) is 7.54. The van der Waals surface area contributed by atoms with Crippen molar-refractivity contribution in [3.05, 3.63) is 51.5 Å². The number of hydrogen-bond donors (Lipinski definition) is 0. The summed E-state index contributed by atoms with van der Waals surface area (Å²) in [5.41, 5.74) is -16.0. The second-order valence-electron chi connectivity index (χ2n) is 6.98. The summed E-state index contributed by atoms with van der Waals surface area (Å²) in [5, 5.41) is 0. The summed E-state index contributed by atoms with van der Waals surface area (Å²) in [5.74, 6) is 0. The van der Waals surface area contributed by atoms with Gasteiger partial charge in [0.15, 0.2) is 0 Å². The van der Waals surface area contributed by atoms with Crippen LogP contribution in [0.15, 0.2) is 33.6 Å². The molecule has 0 aliphatic heterocycles. The summed E-state index contributed by atoms with van der Waals surface area (Å²) < 4.78 is 136. The maximum absolute atomic E-state index is 13.2. The van der Waals surface area contributed by atoms with Gasteiger partial charge in [0.25, 0.3) is 0 Å². The maximum Gasteiger partial charge on any atom is 0.517 e. The molecule has 0 radical (unpaired) electrons. The quantitative estimate of drug-likeness (QED) is 0.473. The lowest BCUT2D eigenvalue weighted by molar-refractivity contribution is -0.0462. The molecule has 1 aromatic carbocycles. The van der Waals surface area contributed by atoms with Gasteiger partial charge in [0.2, 0.25) is 0 Å². The van der Waals surface area contributed by atoms with Crippen molar-refractivity contribution in [2.75, 3.05) is 17.4 Å². The molecule has 0 saturated carbocycles. The van der Waals surface area contributed by atoms with E-state index < -0.39 is 64.1 Å². The van der Waals surface area contributed by atoms with E-state index in [4.69, 9.17) is 9.26 Å². The first-order valence-corrected chi connectivity index (χ1v) is 12.0. The number of para-hydroxylation sites is 1. The van der Waals surface area contributed by atoms with Gasteiger partial charge < -0.3 is 9.26 Å². The van der Waals surface area contributed by atoms with Crippen molar-refractivity contribution in [3.63, 3.8) is 0 Å². The minimum absolute atomic E-state index is 0.0793. The topological polar surface area (TPSA) is 116 Å². The van der Waals surface area contributed by atoms with Crippen molar-refractivity contribution in [2.45, 2.75) is 37.3 Å². The largest absolute Gasteiger partial charge is 0.517 e. The average molecular weight is 540 g/mol. The Morgan fingerprint density at radius 2 is 1.53 bits per heavy atom. The molecule has 2 rings (SSSR count). The molecule has 0 spiro atoms. The first-order chi connectivity index (χ1) is 15.4. The first-order valence-electron chi connectivity index (χ1n) is 9.09. The zero-order valence-corrected chi connectivity index (χ0v) is 19.3. The van der Waals surface area contributed by atoms with Gasteiger partial charge in [0, 0.05) is 13.5 Å². The highest BCUT2D eigenvalue weighted by Gasteiger charge is 2.62. The Labute approximate surface area is 189 Å². The van der Waals surface area contributed by atoms with E-state index in [0.29, 0.717) is 6.07 Å². The van der Waals surface area contributed by atoms with Crippen LogP contribution in [0.2, 0.25) is 0 Å². The third-order valence-electron chi connectivity index (χ3n) is 4.58. The van der Waals surface area contributed by atoms with Crippen LogP contribution in [0.1, 0.15) is 29.8 Å². The molecule has 9 nitrogen and oxygen atoms in total. The first kappa shape index (κ1) is 27.7. The molecular weight excluding hydrogens is 522 g/mol. The smallest absolute Gasteiger partial charge is 0.382 e. The lowest BCUT2D eigenvalue weighted by atomic mass is 10.0. The number of hydrogen-bond acceptors (Lipinski definition) is 7. The normalized spacial score (nSPS) is 14.3. The molecule has 192 valence electrons. The number of alkyl halides is 6. The van der Waals surface area contributed by atoms with Crippen molar-refractivity contribution < 1.29 is 52.4 Å². The number of aromatic nitrogens is 1.